The SMILES string of the molecule is Cc1ccc(OCC(=O)N(Cc2nc(-c3ccccc3)no2)C(C)(C)C)cc1C. The van der Waals surface area contributed by atoms with E-state index in [-0.39, 0.29) is 19.1 Å². The topological polar surface area (TPSA) is 68.5 Å². The van der Waals surface area contributed by atoms with Gasteiger partial charge in [-0.15, -0.1) is 0 Å². The minimum Gasteiger partial charge on any atom is -0.484 e. The standard InChI is InChI=1S/C23H27N3O3/c1-16-11-12-19(13-17(16)2)28-15-21(27)26(23(3,4)5)14-20-24-22(25-29-20)18-9-7-6-8-10-18/h6-13H,14-15H2,1-5H3. The van der Waals surface area contributed by atoms with E-state index in [2.05, 4.69) is 10.1 Å². The van der Waals surface area contributed by atoms with Gasteiger partial charge in [0.25, 0.3) is 5.91 Å². The van der Waals surface area contributed by atoms with Crippen molar-refractivity contribution in [2.75, 3.05) is 6.61 Å². The van der Waals surface area contributed by atoms with Crippen LogP contribution < -0.4 is 4.74 Å². The number of aryl methyl sites for hydroxylation is 2. The Hall–Kier alpha value is -3.15. The average Bonchev–Trinajstić information content (AvgIpc) is 3.15. The molecule has 0 unspecified atom stereocenters. The zero-order valence-corrected chi connectivity index (χ0v) is 17.6. The van der Waals surface area contributed by atoms with Crippen molar-refractivity contribution in [3.05, 3.63) is 65.5 Å². The molecule has 3 rings (SSSR count). The minimum absolute atomic E-state index is 0.0561. The van der Waals surface area contributed by atoms with Gasteiger partial charge in [0.15, 0.2) is 6.61 Å². The molecular formula is C23H27N3O3. The Labute approximate surface area is 171 Å². The van der Waals surface area contributed by atoms with Gasteiger partial charge in [0.1, 0.15) is 12.3 Å². The first-order valence-corrected chi connectivity index (χ1v) is 9.62. The number of hydrogen-bond acceptors (Lipinski definition) is 5. The van der Waals surface area contributed by atoms with Crippen LogP contribution in [0.1, 0.15) is 37.8 Å². The monoisotopic (exact) mass is 393 g/mol. The highest BCUT2D eigenvalue weighted by molar-refractivity contribution is 5.78. The quantitative estimate of drug-likeness (QED) is 0.614. The number of ether oxygens (including phenoxy) is 1. The summed E-state index contributed by atoms with van der Waals surface area (Å²) in [4.78, 5) is 19.0. The molecule has 0 saturated heterocycles. The maximum atomic E-state index is 12.9. The van der Waals surface area contributed by atoms with Crippen LogP contribution in [0.3, 0.4) is 0 Å². The van der Waals surface area contributed by atoms with E-state index in [9.17, 15) is 4.79 Å². The third-order valence-corrected chi connectivity index (χ3v) is 4.74. The summed E-state index contributed by atoms with van der Waals surface area (Å²) in [5.41, 5.74) is 2.76. The fourth-order valence-electron chi connectivity index (χ4n) is 2.88. The van der Waals surface area contributed by atoms with E-state index in [0.717, 1.165) is 11.1 Å². The van der Waals surface area contributed by atoms with Crippen molar-refractivity contribution < 1.29 is 14.1 Å². The molecule has 0 N–H and O–H groups in total. The molecule has 0 saturated carbocycles. The van der Waals surface area contributed by atoms with Crippen LogP contribution in [0.4, 0.5) is 0 Å². The van der Waals surface area contributed by atoms with E-state index in [0.29, 0.717) is 17.5 Å². The summed E-state index contributed by atoms with van der Waals surface area (Å²) in [6.07, 6.45) is 0. The molecule has 0 aliphatic carbocycles. The Morgan fingerprint density at radius 2 is 1.79 bits per heavy atom. The van der Waals surface area contributed by atoms with E-state index in [4.69, 9.17) is 9.26 Å². The second-order valence-electron chi connectivity index (χ2n) is 8.06. The summed E-state index contributed by atoms with van der Waals surface area (Å²) in [5.74, 6) is 1.43. The van der Waals surface area contributed by atoms with Crippen LogP contribution in [-0.4, -0.2) is 33.1 Å². The average molecular weight is 393 g/mol. The molecule has 0 aliphatic heterocycles. The Kier molecular flexibility index (Phi) is 6.01. The summed E-state index contributed by atoms with van der Waals surface area (Å²) >= 11 is 0. The number of nitrogens with zero attached hydrogens (tertiary/aromatic N) is 3. The molecule has 6 nitrogen and oxygen atoms in total. The van der Waals surface area contributed by atoms with Crippen molar-refractivity contribution in [2.45, 2.75) is 46.7 Å². The highest BCUT2D eigenvalue weighted by Crippen LogP contribution is 2.21. The lowest BCUT2D eigenvalue weighted by atomic mass is 10.1. The third kappa shape index (κ3) is 5.22. The number of benzene rings is 2. The van der Waals surface area contributed by atoms with Gasteiger partial charge in [-0.25, -0.2) is 0 Å². The molecule has 29 heavy (non-hydrogen) atoms. The van der Waals surface area contributed by atoms with Crippen molar-refractivity contribution in [3.63, 3.8) is 0 Å². The number of aromatic nitrogens is 2. The Balaban J connectivity index is 1.70. The lowest BCUT2D eigenvalue weighted by Crippen LogP contribution is -2.47. The van der Waals surface area contributed by atoms with E-state index >= 15 is 0 Å². The Morgan fingerprint density at radius 3 is 2.45 bits per heavy atom. The molecule has 0 fully saturated rings. The van der Waals surface area contributed by atoms with Crippen LogP contribution in [0, 0.1) is 13.8 Å². The summed E-state index contributed by atoms with van der Waals surface area (Å²) in [5, 5.41) is 4.04. The van der Waals surface area contributed by atoms with Crippen molar-refractivity contribution in [2.24, 2.45) is 0 Å². The van der Waals surface area contributed by atoms with E-state index in [1.807, 2.05) is 83.1 Å². The largest absolute Gasteiger partial charge is 0.484 e. The molecule has 1 aromatic heterocycles. The predicted molar refractivity (Wildman–Crippen MR) is 111 cm³/mol. The lowest BCUT2D eigenvalue weighted by Gasteiger charge is -2.34. The van der Waals surface area contributed by atoms with Crippen LogP contribution in [-0.2, 0) is 11.3 Å². The van der Waals surface area contributed by atoms with Gasteiger partial charge in [0, 0.05) is 11.1 Å². The highest BCUT2D eigenvalue weighted by atomic mass is 16.5. The number of amides is 1. The van der Waals surface area contributed by atoms with Crippen molar-refractivity contribution in [1.82, 2.24) is 15.0 Å². The van der Waals surface area contributed by atoms with E-state index in [1.165, 1.54) is 5.56 Å². The first kappa shape index (κ1) is 20.6. The molecule has 3 aromatic rings. The lowest BCUT2D eigenvalue weighted by molar-refractivity contribution is -0.139. The molecule has 0 bridgehead atoms. The second kappa shape index (κ2) is 8.47. The fourth-order valence-corrected chi connectivity index (χ4v) is 2.88. The van der Waals surface area contributed by atoms with Crippen molar-refractivity contribution in [3.8, 4) is 17.1 Å². The summed E-state index contributed by atoms with van der Waals surface area (Å²) in [7, 11) is 0. The van der Waals surface area contributed by atoms with Gasteiger partial charge in [-0.05, 0) is 57.9 Å². The summed E-state index contributed by atoms with van der Waals surface area (Å²) < 4.78 is 11.1. The maximum absolute atomic E-state index is 12.9. The van der Waals surface area contributed by atoms with Gasteiger partial charge in [-0.2, -0.15) is 4.98 Å². The smallest absolute Gasteiger partial charge is 0.261 e. The van der Waals surface area contributed by atoms with Gasteiger partial charge in [0.05, 0.1) is 0 Å². The molecule has 1 heterocycles. The highest BCUT2D eigenvalue weighted by Gasteiger charge is 2.29. The summed E-state index contributed by atoms with van der Waals surface area (Å²) in [6.45, 7) is 10.1. The fraction of sp³-hybridized carbons (Fsp3) is 0.348. The number of carbonyl (C=O) groups excluding carboxylic acids is 1. The molecule has 6 heteroatoms. The zero-order chi connectivity index (χ0) is 21.0. The molecule has 2 aromatic carbocycles. The zero-order valence-electron chi connectivity index (χ0n) is 17.6. The van der Waals surface area contributed by atoms with Crippen LogP contribution in [0.15, 0.2) is 53.1 Å². The first-order chi connectivity index (χ1) is 13.7. The molecular weight excluding hydrogens is 366 g/mol. The van der Waals surface area contributed by atoms with E-state index in [1.54, 1.807) is 4.90 Å². The van der Waals surface area contributed by atoms with Gasteiger partial charge >= 0.3 is 0 Å². The Morgan fingerprint density at radius 1 is 1.07 bits per heavy atom. The Bertz CT molecular complexity index is 975. The second-order valence-corrected chi connectivity index (χ2v) is 8.06. The molecule has 0 atom stereocenters. The van der Waals surface area contributed by atoms with Gasteiger partial charge in [0.2, 0.25) is 11.7 Å². The number of rotatable bonds is 6. The van der Waals surface area contributed by atoms with Gasteiger partial charge in [-0.1, -0.05) is 41.6 Å². The number of hydrogen-bond donors (Lipinski definition) is 0. The van der Waals surface area contributed by atoms with E-state index < -0.39 is 5.54 Å². The molecule has 0 spiro atoms. The third-order valence-electron chi connectivity index (χ3n) is 4.74. The summed E-state index contributed by atoms with van der Waals surface area (Å²) in [6, 6.07) is 15.4. The predicted octanol–water partition coefficient (Wildman–Crippen LogP) is 4.56. The van der Waals surface area contributed by atoms with Gasteiger partial charge < -0.3 is 14.2 Å². The van der Waals surface area contributed by atoms with Crippen LogP contribution in [0.25, 0.3) is 11.4 Å². The number of carbonyl (C=O) groups is 1. The van der Waals surface area contributed by atoms with Crippen LogP contribution in [0.2, 0.25) is 0 Å². The molecule has 0 radical (unpaired) electrons. The van der Waals surface area contributed by atoms with Crippen LogP contribution in [0.5, 0.6) is 5.75 Å². The maximum Gasteiger partial charge on any atom is 0.261 e. The van der Waals surface area contributed by atoms with Crippen molar-refractivity contribution in [1.29, 1.82) is 0 Å². The van der Waals surface area contributed by atoms with Gasteiger partial charge in [-0.3, -0.25) is 4.79 Å². The normalized spacial score (nSPS) is 11.3. The molecule has 1 amide bonds. The minimum atomic E-state index is -0.426. The molecule has 0 aliphatic rings. The first-order valence-electron chi connectivity index (χ1n) is 9.62. The van der Waals surface area contributed by atoms with Crippen LogP contribution >= 0.6 is 0 Å². The molecule has 152 valence electrons. The van der Waals surface area contributed by atoms with Crippen molar-refractivity contribution >= 4 is 5.91 Å².